The van der Waals surface area contributed by atoms with Crippen molar-refractivity contribution in [3.63, 3.8) is 0 Å². The Morgan fingerprint density at radius 3 is 3.45 bits per heavy atom. The van der Waals surface area contributed by atoms with Gasteiger partial charge in [-0.2, -0.15) is 5.26 Å². The molecule has 0 aliphatic carbocycles. The first kappa shape index (κ1) is 6.84. The average molecular weight is 165 g/mol. The van der Waals surface area contributed by atoms with Crippen LogP contribution in [0.5, 0.6) is 0 Å². The molecule has 0 amide bonds. The van der Waals surface area contributed by atoms with Crippen molar-refractivity contribution in [2.24, 2.45) is 0 Å². The number of rotatable bonds is 0. The number of thiophene rings is 1. The van der Waals surface area contributed by atoms with Gasteiger partial charge >= 0.3 is 0 Å². The lowest BCUT2D eigenvalue weighted by molar-refractivity contribution is 0.0814. The molecule has 0 N–H and O–H groups in total. The number of fused-ring (bicyclic) bond motifs is 1. The topological polar surface area (TPSA) is 33.0 Å². The summed E-state index contributed by atoms with van der Waals surface area (Å²) >= 11 is 1.71. The summed E-state index contributed by atoms with van der Waals surface area (Å²) in [5, 5.41) is 10.7. The molecule has 1 atom stereocenters. The maximum atomic E-state index is 8.69. The Kier molecular flexibility index (Phi) is 1.65. The Bertz CT molecular complexity index is 299. The third-order valence-corrected chi connectivity index (χ3v) is 2.79. The molecular weight excluding hydrogens is 158 g/mol. The lowest BCUT2D eigenvalue weighted by Crippen LogP contribution is -2.12. The molecule has 0 fully saturated rings. The van der Waals surface area contributed by atoms with Crippen LogP contribution in [0.3, 0.4) is 0 Å². The zero-order chi connectivity index (χ0) is 7.68. The second-order valence-corrected chi connectivity index (χ2v) is 3.43. The largest absolute Gasteiger partial charge is 0.358 e. The van der Waals surface area contributed by atoms with Crippen LogP contribution in [0.2, 0.25) is 0 Å². The molecule has 2 nitrogen and oxygen atoms in total. The van der Waals surface area contributed by atoms with Gasteiger partial charge in [0.1, 0.15) is 0 Å². The Morgan fingerprint density at radius 1 is 1.73 bits per heavy atom. The fourth-order valence-electron chi connectivity index (χ4n) is 1.25. The maximum absolute atomic E-state index is 8.69. The van der Waals surface area contributed by atoms with Crippen LogP contribution in [0.25, 0.3) is 0 Å². The predicted octanol–water partition coefficient (Wildman–Crippen LogP) is 1.89. The summed E-state index contributed by atoms with van der Waals surface area (Å²) < 4.78 is 5.26. The zero-order valence-electron chi connectivity index (χ0n) is 5.91. The first-order valence-corrected chi connectivity index (χ1v) is 4.37. The van der Waals surface area contributed by atoms with Gasteiger partial charge in [-0.1, -0.05) is 0 Å². The van der Waals surface area contributed by atoms with E-state index in [0.717, 1.165) is 12.0 Å². The smallest absolute Gasteiger partial charge is 0.170 e. The van der Waals surface area contributed by atoms with Gasteiger partial charge in [0, 0.05) is 16.9 Å². The van der Waals surface area contributed by atoms with Gasteiger partial charge in [-0.15, -0.1) is 11.3 Å². The zero-order valence-corrected chi connectivity index (χ0v) is 6.73. The Hall–Kier alpha value is -0.850. The molecular formula is C8H7NOS. The molecule has 56 valence electrons. The summed E-state index contributed by atoms with van der Waals surface area (Å²) in [4.78, 5) is 1.31. The maximum Gasteiger partial charge on any atom is 0.170 e. The number of hydrogen-bond donors (Lipinski definition) is 0. The van der Waals surface area contributed by atoms with Crippen molar-refractivity contribution in [3.05, 3.63) is 21.9 Å². The van der Waals surface area contributed by atoms with Crippen LogP contribution in [0.1, 0.15) is 16.5 Å². The third kappa shape index (κ3) is 1.05. The lowest BCUT2D eigenvalue weighted by Gasteiger charge is -2.16. The number of ether oxygens (including phenoxy) is 1. The normalized spacial score (nSPS) is 22.3. The second-order valence-electron chi connectivity index (χ2n) is 2.43. The van der Waals surface area contributed by atoms with Crippen molar-refractivity contribution in [2.75, 3.05) is 6.61 Å². The van der Waals surface area contributed by atoms with Gasteiger partial charge in [-0.05, 0) is 11.4 Å². The van der Waals surface area contributed by atoms with Crippen molar-refractivity contribution in [1.29, 1.82) is 5.26 Å². The van der Waals surface area contributed by atoms with Crippen LogP contribution >= 0.6 is 11.3 Å². The highest BCUT2D eigenvalue weighted by Gasteiger charge is 2.20. The third-order valence-electron chi connectivity index (χ3n) is 1.79. The van der Waals surface area contributed by atoms with Gasteiger partial charge in [0.05, 0.1) is 12.7 Å². The van der Waals surface area contributed by atoms with E-state index < -0.39 is 0 Å². The summed E-state index contributed by atoms with van der Waals surface area (Å²) in [7, 11) is 0. The van der Waals surface area contributed by atoms with Crippen LogP contribution in [0, 0.1) is 11.3 Å². The minimum absolute atomic E-state index is 0.315. The molecule has 1 aliphatic heterocycles. The number of hydrogen-bond acceptors (Lipinski definition) is 3. The Balaban J connectivity index is 2.41. The molecule has 1 aromatic heterocycles. The van der Waals surface area contributed by atoms with Crippen molar-refractivity contribution >= 4 is 11.3 Å². The molecule has 0 aromatic carbocycles. The molecule has 2 rings (SSSR count). The molecule has 0 saturated heterocycles. The molecule has 1 aromatic rings. The van der Waals surface area contributed by atoms with Gasteiger partial charge < -0.3 is 4.74 Å². The van der Waals surface area contributed by atoms with Crippen LogP contribution < -0.4 is 0 Å². The van der Waals surface area contributed by atoms with Crippen LogP contribution in [0.4, 0.5) is 0 Å². The molecule has 1 unspecified atom stereocenters. The summed E-state index contributed by atoms with van der Waals surface area (Å²) in [6.07, 6.45) is 0.649. The fraction of sp³-hybridized carbons (Fsp3) is 0.375. The summed E-state index contributed by atoms with van der Waals surface area (Å²) in [6.45, 7) is 0.686. The van der Waals surface area contributed by atoms with E-state index in [1.165, 1.54) is 4.88 Å². The SMILES string of the molecule is N#CC1OCCc2sccc21. The van der Waals surface area contributed by atoms with Gasteiger partial charge in [0.2, 0.25) is 0 Å². The van der Waals surface area contributed by atoms with Crippen molar-refractivity contribution in [2.45, 2.75) is 12.5 Å². The van der Waals surface area contributed by atoms with Gasteiger partial charge in [-0.3, -0.25) is 0 Å². The fourth-order valence-corrected chi connectivity index (χ4v) is 2.14. The number of nitrogens with zero attached hydrogens (tertiary/aromatic N) is 1. The molecule has 0 saturated carbocycles. The molecule has 3 heteroatoms. The van der Waals surface area contributed by atoms with Crippen molar-refractivity contribution in [1.82, 2.24) is 0 Å². The summed E-state index contributed by atoms with van der Waals surface area (Å²) in [5.74, 6) is 0. The monoisotopic (exact) mass is 165 g/mol. The van der Waals surface area contributed by atoms with Gasteiger partial charge in [0.25, 0.3) is 0 Å². The lowest BCUT2D eigenvalue weighted by atomic mass is 10.1. The van der Waals surface area contributed by atoms with Gasteiger partial charge in [-0.25, -0.2) is 0 Å². The molecule has 0 spiro atoms. The molecule has 1 aliphatic rings. The predicted molar refractivity (Wildman–Crippen MR) is 42.3 cm³/mol. The summed E-state index contributed by atoms with van der Waals surface area (Å²) in [5.41, 5.74) is 1.07. The van der Waals surface area contributed by atoms with Crippen LogP contribution in [-0.4, -0.2) is 6.61 Å². The van der Waals surface area contributed by atoms with E-state index in [-0.39, 0.29) is 6.10 Å². The first-order chi connectivity index (χ1) is 5.42. The number of nitriles is 1. The highest BCUT2D eigenvalue weighted by atomic mass is 32.1. The molecule has 0 radical (unpaired) electrons. The summed E-state index contributed by atoms with van der Waals surface area (Å²) in [6, 6.07) is 4.11. The van der Waals surface area contributed by atoms with Gasteiger partial charge in [0.15, 0.2) is 6.10 Å². The Labute approximate surface area is 69.0 Å². The minimum Gasteiger partial charge on any atom is -0.358 e. The molecule has 2 heterocycles. The molecule has 11 heavy (non-hydrogen) atoms. The first-order valence-electron chi connectivity index (χ1n) is 3.49. The van der Waals surface area contributed by atoms with E-state index >= 15 is 0 Å². The van der Waals surface area contributed by atoms with Crippen molar-refractivity contribution < 1.29 is 4.74 Å². The van der Waals surface area contributed by atoms with E-state index in [1.807, 2.05) is 11.4 Å². The minimum atomic E-state index is -0.315. The highest BCUT2D eigenvalue weighted by Crippen LogP contribution is 2.30. The highest BCUT2D eigenvalue weighted by molar-refractivity contribution is 7.10. The Morgan fingerprint density at radius 2 is 2.64 bits per heavy atom. The molecule has 0 bridgehead atoms. The van der Waals surface area contributed by atoms with E-state index in [4.69, 9.17) is 10.00 Å². The van der Waals surface area contributed by atoms with Crippen LogP contribution in [0.15, 0.2) is 11.4 Å². The van der Waals surface area contributed by atoms with Crippen LogP contribution in [-0.2, 0) is 11.2 Å². The standard InChI is InChI=1S/C8H7NOS/c9-5-7-6-2-4-11-8(6)1-3-10-7/h2,4,7H,1,3H2. The quantitative estimate of drug-likeness (QED) is 0.588. The van der Waals surface area contributed by atoms with E-state index in [0.29, 0.717) is 6.61 Å². The van der Waals surface area contributed by atoms with Crippen molar-refractivity contribution in [3.8, 4) is 6.07 Å². The van der Waals surface area contributed by atoms with E-state index in [2.05, 4.69) is 6.07 Å². The average Bonchev–Trinajstić information content (AvgIpc) is 2.50. The second kappa shape index (κ2) is 2.65. The van der Waals surface area contributed by atoms with E-state index in [1.54, 1.807) is 11.3 Å². The van der Waals surface area contributed by atoms with E-state index in [9.17, 15) is 0 Å².